The van der Waals surface area contributed by atoms with Crippen LogP contribution in [0.4, 0.5) is 10.1 Å². The lowest BCUT2D eigenvalue weighted by molar-refractivity contribution is -0.115. The normalized spacial score (nSPS) is 11.5. The summed E-state index contributed by atoms with van der Waals surface area (Å²) in [7, 11) is -3.70. The van der Waals surface area contributed by atoms with Crippen molar-refractivity contribution in [3.05, 3.63) is 48.3 Å². The number of anilines is 1. The van der Waals surface area contributed by atoms with Crippen molar-refractivity contribution in [3.63, 3.8) is 0 Å². The number of aromatic nitrogens is 2. The van der Waals surface area contributed by atoms with Gasteiger partial charge in [-0.05, 0) is 24.3 Å². The van der Waals surface area contributed by atoms with Gasteiger partial charge in [0.15, 0.2) is 9.84 Å². The maximum atomic E-state index is 13.5. The Morgan fingerprint density at radius 3 is 2.71 bits per heavy atom. The second-order valence-electron chi connectivity index (χ2n) is 4.98. The molecule has 24 heavy (non-hydrogen) atoms. The van der Waals surface area contributed by atoms with E-state index in [1.807, 2.05) is 0 Å². The van der Waals surface area contributed by atoms with Gasteiger partial charge in [0.2, 0.25) is 5.91 Å². The number of benzene rings is 2. The number of nitrogens with zero attached hydrogens (tertiary/aromatic N) is 2. The summed E-state index contributed by atoms with van der Waals surface area (Å²) >= 11 is 0.926. The van der Waals surface area contributed by atoms with Crippen molar-refractivity contribution in [1.29, 1.82) is 0 Å². The third-order valence-electron chi connectivity index (χ3n) is 3.33. The molecule has 0 bridgehead atoms. The van der Waals surface area contributed by atoms with Crippen LogP contribution < -0.4 is 5.32 Å². The highest BCUT2D eigenvalue weighted by atomic mass is 32.2. The van der Waals surface area contributed by atoms with E-state index in [1.165, 1.54) is 24.3 Å². The van der Waals surface area contributed by atoms with E-state index in [2.05, 4.69) is 14.1 Å². The number of halogens is 1. The first kappa shape index (κ1) is 16.5. The predicted molar refractivity (Wildman–Crippen MR) is 89.1 cm³/mol. The average molecular weight is 365 g/mol. The van der Waals surface area contributed by atoms with Crippen LogP contribution in [0.15, 0.2) is 47.4 Å². The Morgan fingerprint density at radius 1 is 1.12 bits per heavy atom. The predicted octanol–water partition coefficient (Wildman–Crippen LogP) is 2.63. The Bertz CT molecular complexity index is 1000. The zero-order chi connectivity index (χ0) is 17.2. The molecule has 3 aromatic rings. The van der Waals surface area contributed by atoms with Gasteiger partial charge in [0.05, 0.1) is 28.1 Å². The van der Waals surface area contributed by atoms with Gasteiger partial charge in [-0.15, -0.1) is 0 Å². The summed E-state index contributed by atoms with van der Waals surface area (Å²) in [5, 5.41) is 2.36. The lowest BCUT2D eigenvalue weighted by Crippen LogP contribution is -2.18. The van der Waals surface area contributed by atoms with Gasteiger partial charge in [-0.1, -0.05) is 18.2 Å². The summed E-state index contributed by atoms with van der Waals surface area (Å²) in [5.41, 5.74) is 0.819. The van der Waals surface area contributed by atoms with Crippen LogP contribution in [0.3, 0.4) is 0 Å². The minimum Gasteiger partial charge on any atom is -0.324 e. The first-order valence-electron chi connectivity index (χ1n) is 6.96. The third-order valence-corrected chi connectivity index (χ3v) is 5.61. The molecule has 0 aliphatic carbocycles. The number of nitrogens with one attached hydrogen (secondary N) is 1. The van der Waals surface area contributed by atoms with Crippen LogP contribution in [-0.2, 0) is 14.6 Å². The molecule has 0 unspecified atom stereocenters. The van der Waals surface area contributed by atoms with Crippen molar-refractivity contribution in [2.45, 2.75) is 11.3 Å². The molecule has 3 rings (SSSR count). The minimum absolute atomic E-state index is 0.0192. The molecule has 0 aliphatic rings. The molecule has 0 saturated carbocycles. The number of fused-ring (bicyclic) bond motifs is 1. The first-order chi connectivity index (χ1) is 11.5. The zero-order valence-corrected chi connectivity index (χ0v) is 13.9. The molecule has 0 aliphatic heterocycles. The van der Waals surface area contributed by atoms with Gasteiger partial charge in [0.25, 0.3) is 0 Å². The van der Waals surface area contributed by atoms with Crippen molar-refractivity contribution in [3.8, 4) is 0 Å². The number of amides is 1. The Hall–Kier alpha value is -2.39. The van der Waals surface area contributed by atoms with Gasteiger partial charge in [-0.25, -0.2) is 12.8 Å². The SMILES string of the molecule is O=C(CCS(=O)(=O)c1cccc2nsnc12)Nc1ccccc1F. The summed E-state index contributed by atoms with van der Waals surface area (Å²) in [6.45, 7) is 0. The molecule has 0 atom stereocenters. The quantitative estimate of drug-likeness (QED) is 0.751. The number of hydrogen-bond acceptors (Lipinski definition) is 6. The molecule has 1 heterocycles. The molecule has 9 heteroatoms. The van der Waals surface area contributed by atoms with E-state index in [9.17, 15) is 17.6 Å². The number of hydrogen-bond donors (Lipinski definition) is 1. The van der Waals surface area contributed by atoms with E-state index in [0.29, 0.717) is 11.0 Å². The molecule has 2 aromatic carbocycles. The van der Waals surface area contributed by atoms with Crippen molar-refractivity contribution >= 4 is 44.2 Å². The van der Waals surface area contributed by atoms with E-state index < -0.39 is 27.3 Å². The van der Waals surface area contributed by atoms with E-state index in [0.717, 1.165) is 11.7 Å². The van der Waals surface area contributed by atoms with Crippen LogP contribution in [0.1, 0.15) is 6.42 Å². The number of sulfone groups is 1. The molecule has 1 amide bonds. The minimum atomic E-state index is -3.70. The molecule has 0 radical (unpaired) electrons. The first-order valence-corrected chi connectivity index (χ1v) is 9.34. The highest BCUT2D eigenvalue weighted by molar-refractivity contribution is 7.91. The van der Waals surface area contributed by atoms with Gasteiger partial charge < -0.3 is 5.32 Å². The molecular formula is C15H12FN3O3S2. The van der Waals surface area contributed by atoms with Crippen LogP contribution in [0.2, 0.25) is 0 Å². The largest absolute Gasteiger partial charge is 0.324 e. The standard InChI is InChI=1S/C15H12FN3O3S2/c16-10-4-1-2-5-11(10)17-14(20)8-9-24(21,22)13-7-3-6-12-15(13)19-23-18-12/h1-7H,8-9H2,(H,17,20). The highest BCUT2D eigenvalue weighted by Gasteiger charge is 2.21. The molecule has 0 spiro atoms. The third kappa shape index (κ3) is 3.41. The Labute approximate surface area is 141 Å². The topological polar surface area (TPSA) is 89.0 Å². The number of para-hydroxylation sites is 1. The van der Waals surface area contributed by atoms with Crippen molar-refractivity contribution in [2.75, 3.05) is 11.1 Å². The van der Waals surface area contributed by atoms with E-state index in [-0.39, 0.29) is 17.0 Å². The van der Waals surface area contributed by atoms with Crippen LogP contribution in [-0.4, -0.2) is 28.8 Å². The van der Waals surface area contributed by atoms with Gasteiger partial charge >= 0.3 is 0 Å². The molecule has 0 saturated heterocycles. The summed E-state index contributed by atoms with van der Waals surface area (Å²) in [4.78, 5) is 11.9. The molecule has 1 aromatic heterocycles. The van der Waals surface area contributed by atoms with E-state index >= 15 is 0 Å². The fourth-order valence-corrected chi connectivity index (χ4v) is 4.16. The summed E-state index contributed by atoms with van der Waals surface area (Å²) in [6, 6.07) is 10.4. The molecule has 1 N–H and O–H groups in total. The van der Waals surface area contributed by atoms with E-state index in [1.54, 1.807) is 18.2 Å². The van der Waals surface area contributed by atoms with Crippen molar-refractivity contribution in [1.82, 2.24) is 8.75 Å². The molecular weight excluding hydrogens is 353 g/mol. The lowest BCUT2D eigenvalue weighted by Gasteiger charge is -2.07. The zero-order valence-electron chi connectivity index (χ0n) is 12.3. The summed E-state index contributed by atoms with van der Waals surface area (Å²) < 4.78 is 46.4. The Morgan fingerprint density at radius 2 is 1.92 bits per heavy atom. The fourth-order valence-electron chi connectivity index (χ4n) is 2.14. The van der Waals surface area contributed by atoms with Crippen molar-refractivity contribution < 1.29 is 17.6 Å². The van der Waals surface area contributed by atoms with Crippen LogP contribution in [0, 0.1) is 5.82 Å². The fraction of sp³-hybridized carbons (Fsp3) is 0.133. The van der Waals surface area contributed by atoms with E-state index in [4.69, 9.17) is 0 Å². The van der Waals surface area contributed by atoms with Crippen molar-refractivity contribution in [2.24, 2.45) is 0 Å². The monoisotopic (exact) mass is 365 g/mol. The molecule has 0 fully saturated rings. The van der Waals surface area contributed by atoms with Gasteiger partial charge in [-0.2, -0.15) is 8.75 Å². The second-order valence-corrected chi connectivity index (χ2v) is 7.59. The molecule has 124 valence electrons. The summed E-state index contributed by atoms with van der Waals surface area (Å²) in [5.74, 6) is -1.55. The van der Waals surface area contributed by atoms with Crippen LogP contribution >= 0.6 is 11.7 Å². The van der Waals surface area contributed by atoms with Gasteiger partial charge in [0.1, 0.15) is 16.9 Å². The van der Waals surface area contributed by atoms with Crippen LogP contribution in [0.5, 0.6) is 0 Å². The maximum absolute atomic E-state index is 13.5. The molecule has 6 nitrogen and oxygen atoms in total. The maximum Gasteiger partial charge on any atom is 0.225 e. The number of carbonyl (C=O) groups is 1. The smallest absolute Gasteiger partial charge is 0.225 e. The van der Waals surface area contributed by atoms with Crippen LogP contribution in [0.25, 0.3) is 11.0 Å². The Balaban J connectivity index is 1.73. The Kier molecular flexibility index (Phi) is 4.54. The average Bonchev–Trinajstić information content (AvgIpc) is 3.03. The number of carbonyl (C=O) groups excluding carboxylic acids is 1. The summed E-state index contributed by atoms with van der Waals surface area (Å²) in [6.07, 6.45) is -0.287. The van der Waals surface area contributed by atoms with Gasteiger partial charge in [-0.3, -0.25) is 4.79 Å². The highest BCUT2D eigenvalue weighted by Crippen LogP contribution is 2.22. The lowest BCUT2D eigenvalue weighted by atomic mass is 10.3. The van der Waals surface area contributed by atoms with Gasteiger partial charge in [0, 0.05) is 6.42 Å². The number of rotatable bonds is 5. The second kappa shape index (κ2) is 6.62.